The second kappa shape index (κ2) is 9.71. The molecule has 3 atom stereocenters. The van der Waals surface area contributed by atoms with Crippen molar-refractivity contribution in [1.29, 1.82) is 0 Å². The van der Waals surface area contributed by atoms with Gasteiger partial charge in [-0.2, -0.15) is 9.97 Å². The van der Waals surface area contributed by atoms with E-state index < -0.39 is 0 Å². The van der Waals surface area contributed by atoms with E-state index in [1.54, 1.807) is 0 Å². The van der Waals surface area contributed by atoms with E-state index >= 15 is 0 Å². The van der Waals surface area contributed by atoms with E-state index in [1.807, 2.05) is 30.3 Å². The molecule has 3 saturated heterocycles. The first-order valence-electron chi connectivity index (χ1n) is 14.0. The van der Waals surface area contributed by atoms with Gasteiger partial charge in [-0.3, -0.25) is 0 Å². The van der Waals surface area contributed by atoms with Crippen LogP contribution in [-0.2, 0) is 0 Å². The predicted octanol–water partition coefficient (Wildman–Crippen LogP) is 4.82. The zero-order valence-electron chi connectivity index (χ0n) is 21.9. The number of rotatable bonds is 5. The van der Waals surface area contributed by atoms with Gasteiger partial charge in [0.25, 0.3) is 0 Å². The Kier molecular flexibility index (Phi) is 6.05. The molecule has 2 N–H and O–H groups in total. The molecule has 2 bridgehead atoms. The van der Waals surface area contributed by atoms with Crippen molar-refractivity contribution in [2.45, 2.75) is 37.8 Å². The fourth-order valence-corrected chi connectivity index (χ4v) is 6.67. The minimum atomic E-state index is 0.264. The van der Waals surface area contributed by atoms with Crippen molar-refractivity contribution < 1.29 is 9.84 Å². The van der Waals surface area contributed by atoms with Crippen LogP contribution in [0, 0.1) is 5.92 Å². The van der Waals surface area contributed by atoms with Gasteiger partial charge in [0.05, 0.1) is 12.1 Å². The number of nitrogens with zero attached hydrogens (tertiary/aromatic N) is 4. The Morgan fingerprint density at radius 2 is 1.79 bits per heavy atom. The van der Waals surface area contributed by atoms with Gasteiger partial charge in [0.1, 0.15) is 11.6 Å². The number of piperazine rings is 1. The van der Waals surface area contributed by atoms with Crippen molar-refractivity contribution >= 4 is 27.5 Å². The number of benzene rings is 3. The second-order valence-corrected chi connectivity index (χ2v) is 11.4. The van der Waals surface area contributed by atoms with Crippen LogP contribution in [0.15, 0.2) is 54.6 Å². The van der Waals surface area contributed by atoms with E-state index in [-0.39, 0.29) is 5.75 Å². The third-order valence-electron chi connectivity index (χ3n) is 8.50. The van der Waals surface area contributed by atoms with Gasteiger partial charge in [-0.05, 0) is 85.4 Å². The monoisotopic (exact) mass is 509 g/mol. The largest absolute Gasteiger partial charge is 0.508 e. The molecule has 0 aliphatic carbocycles. The molecule has 4 aromatic rings. The average Bonchev–Trinajstić information content (AvgIpc) is 3.27. The highest BCUT2D eigenvalue weighted by Crippen LogP contribution is 2.37. The molecule has 3 fully saturated rings. The Balaban J connectivity index is 1.29. The highest BCUT2D eigenvalue weighted by molar-refractivity contribution is 6.00. The molecule has 0 spiro atoms. The number of likely N-dealkylation sites (tertiary alicyclic amines) is 1. The number of anilines is 1. The molecule has 196 valence electrons. The molecule has 3 aliphatic heterocycles. The fourth-order valence-electron chi connectivity index (χ4n) is 6.67. The summed E-state index contributed by atoms with van der Waals surface area (Å²) in [5.41, 5.74) is 2.90. The highest BCUT2D eigenvalue weighted by atomic mass is 16.5. The number of fused-ring (bicyclic) bond motifs is 4. The van der Waals surface area contributed by atoms with Crippen molar-refractivity contribution in [2.75, 3.05) is 44.7 Å². The number of aromatic hydroxyl groups is 1. The molecule has 0 radical (unpaired) electrons. The number of nitrogens with one attached hydrogen (secondary N) is 1. The van der Waals surface area contributed by atoms with Gasteiger partial charge in [0, 0.05) is 43.0 Å². The molecule has 1 aromatic heterocycles. The quantitative estimate of drug-likeness (QED) is 0.400. The SMILES string of the molecule is CN1CCC[C@@H](COc2nc(N3CC4CCC(C3)N4)c3ccc(-c4cc(O)cc5ccccc45)cc3n2)C1. The third kappa shape index (κ3) is 4.54. The lowest BCUT2D eigenvalue weighted by Crippen LogP contribution is -2.51. The molecule has 7 rings (SSSR count). The van der Waals surface area contributed by atoms with Crippen LogP contribution in [0.2, 0.25) is 0 Å². The molecular formula is C31H35N5O2. The van der Waals surface area contributed by atoms with E-state index in [9.17, 15) is 5.11 Å². The summed E-state index contributed by atoms with van der Waals surface area (Å²) >= 11 is 0. The standard InChI is InChI=1S/C31H35N5O2/c1-35-12-4-5-20(16-35)19-38-31-33-29-14-22(28-15-25(37)13-21-6-2-3-7-26(21)28)8-11-27(29)30(34-31)36-17-23-9-10-24(18-36)32-23/h2-3,6-8,11,13-15,20,23-24,32,37H,4-5,9-10,12,16-19H2,1H3/t20-,23?,24?/m1/s1. The maximum Gasteiger partial charge on any atom is 0.318 e. The summed E-state index contributed by atoms with van der Waals surface area (Å²) in [5, 5.41) is 17.4. The van der Waals surface area contributed by atoms with Crippen molar-refractivity contribution in [3.63, 3.8) is 0 Å². The van der Waals surface area contributed by atoms with Crippen molar-refractivity contribution in [2.24, 2.45) is 5.92 Å². The molecule has 0 saturated carbocycles. The average molecular weight is 510 g/mol. The molecule has 7 nitrogen and oxygen atoms in total. The zero-order valence-corrected chi connectivity index (χ0v) is 21.9. The predicted molar refractivity (Wildman–Crippen MR) is 152 cm³/mol. The summed E-state index contributed by atoms with van der Waals surface area (Å²) in [5.74, 6) is 1.73. The fraction of sp³-hybridized carbons (Fsp3) is 0.419. The van der Waals surface area contributed by atoms with E-state index in [1.165, 1.54) is 25.7 Å². The zero-order chi connectivity index (χ0) is 25.6. The Morgan fingerprint density at radius 1 is 0.947 bits per heavy atom. The van der Waals surface area contributed by atoms with E-state index in [0.717, 1.165) is 64.8 Å². The van der Waals surface area contributed by atoms with E-state index in [0.29, 0.717) is 30.6 Å². The first-order chi connectivity index (χ1) is 18.6. The van der Waals surface area contributed by atoms with Crippen molar-refractivity contribution in [3.8, 4) is 22.9 Å². The van der Waals surface area contributed by atoms with Crippen LogP contribution < -0.4 is 15.0 Å². The number of piperidine rings is 1. The first-order valence-corrected chi connectivity index (χ1v) is 14.0. The Morgan fingerprint density at radius 3 is 2.63 bits per heavy atom. The van der Waals surface area contributed by atoms with Crippen LogP contribution in [-0.4, -0.2) is 71.9 Å². The topological polar surface area (TPSA) is 73.8 Å². The van der Waals surface area contributed by atoms with Crippen LogP contribution in [0.3, 0.4) is 0 Å². The van der Waals surface area contributed by atoms with E-state index in [4.69, 9.17) is 14.7 Å². The van der Waals surface area contributed by atoms with Gasteiger partial charge < -0.3 is 25.0 Å². The molecule has 38 heavy (non-hydrogen) atoms. The summed E-state index contributed by atoms with van der Waals surface area (Å²) in [6.07, 6.45) is 4.83. The van der Waals surface area contributed by atoms with Crippen LogP contribution in [0.5, 0.6) is 11.8 Å². The molecule has 0 amide bonds. The number of ether oxygens (including phenoxy) is 1. The summed E-state index contributed by atoms with van der Waals surface area (Å²) in [6, 6.07) is 19.7. The van der Waals surface area contributed by atoms with Gasteiger partial charge in [0.15, 0.2) is 0 Å². The molecule has 3 aliphatic rings. The van der Waals surface area contributed by atoms with Gasteiger partial charge in [-0.15, -0.1) is 0 Å². The smallest absolute Gasteiger partial charge is 0.318 e. The number of hydrogen-bond acceptors (Lipinski definition) is 7. The minimum absolute atomic E-state index is 0.264. The first kappa shape index (κ1) is 23.7. The second-order valence-electron chi connectivity index (χ2n) is 11.4. The van der Waals surface area contributed by atoms with Crippen LogP contribution in [0.25, 0.3) is 32.8 Å². The number of hydrogen-bond donors (Lipinski definition) is 2. The number of aromatic nitrogens is 2. The summed E-state index contributed by atoms with van der Waals surface area (Å²) in [7, 11) is 2.18. The molecule has 3 aromatic carbocycles. The molecular weight excluding hydrogens is 474 g/mol. The minimum Gasteiger partial charge on any atom is -0.508 e. The highest BCUT2D eigenvalue weighted by Gasteiger charge is 2.33. The van der Waals surface area contributed by atoms with Crippen LogP contribution >= 0.6 is 0 Å². The van der Waals surface area contributed by atoms with E-state index in [2.05, 4.69) is 46.4 Å². The molecule has 2 unspecified atom stereocenters. The third-order valence-corrected chi connectivity index (χ3v) is 8.50. The van der Waals surface area contributed by atoms with Gasteiger partial charge in [-0.25, -0.2) is 0 Å². The Hall–Kier alpha value is -3.42. The van der Waals surface area contributed by atoms with Crippen molar-refractivity contribution in [1.82, 2.24) is 20.2 Å². The lowest BCUT2D eigenvalue weighted by Gasteiger charge is -2.34. The molecule has 7 heteroatoms. The Bertz CT molecular complexity index is 1480. The number of phenols is 1. The lowest BCUT2D eigenvalue weighted by atomic mass is 9.97. The van der Waals surface area contributed by atoms with Crippen molar-refractivity contribution in [3.05, 3.63) is 54.6 Å². The van der Waals surface area contributed by atoms with Gasteiger partial charge in [-0.1, -0.05) is 30.3 Å². The van der Waals surface area contributed by atoms with Gasteiger partial charge >= 0.3 is 6.01 Å². The summed E-state index contributed by atoms with van der Waals surface area (Å²) < 4.78 is 6.31. The lowest BCUT2D eigenvalue weighted by molar-refractivity contribution is 0.144. The van der Waals surface area contributed by atoms with Gasteiger partial charge in [0.2, 0.25) is 0 Å². The summed E-state index contributed by atoms with van der Waals surface area (Å²) in [6.45, 7) is 4.75. The maximum atomic E-state index is 10.5. The maximum absolute atomic E-state index is 10.5. The molecule has 4 heterocycles. The Labute approximate surface area is 223 Å². The number of phenolic OH excluding ortho intramolecular Hbond substituents is 1. The normalized spacial score (nSPS) is 23.8. The van der Waals surface area contributed by atoms with Crippen LogP contribution in [0.4, 0.5) is 5.82 Å². The summed E-state index contributed by atoms with van der Waals surface area (Å²) in [4.78, 5) is 14.7. The van der Waals surface area contributed by atoms with Crippen LogP contribution in [0.1, 0.15) is 25.7 Å².